The molecule has 1 aromatic heterocycles. The van der Waals surface area contributed by atoms with Crippen LogP contribution in [0.15, 0.2) is 24.3 Å². The number of rotatable bonds is 2. The third kappa shape index (κ3) is 1.49. The minimum Gasteiger partial charge on any atom is -0.465 e. The summed E-state index contributed by atoms with van der Waals surface area (Å²) >= 11 is 0. The standard InChI is InChI=1S/C8H8N4O2/c13-8(14)9-5-12-7-4-2-1-3-6(7)10-11-12/h1-4,9H,5H2,(H,13,14). The van der Waals surface area contributed by atoms with Gasteiger partial charge in [0.25, 0.3) is 0 Å². The Hall–Kier alpha value is -2.11. The van der Waals surface area contributed by atoms with Crippen molar-refractivity contribution in [1.82, 2.24) is 20.3 Å². The van der Waals surface area contributed by atoms with Crippen LogP contribution in [0.2, 0.25) is 0 Å². The molecule has 0 aliphatic rings. The van der Waals surface area contributed by atoms with Gasteiger partial charge in [-0.2, -0.15) is 0 Å². The normalized spacial score (nSPS) is 10.3. The van der Waals surface area contributed by atoms with Gasteiger partial charge in [-0.3, -0.25) is 0 Å². The number of aromatic nitrogens is 3. The van der Waals surface area contributed by atoms with E-state index in [1.54, 1.807) is 0 Å². The first-order valence-corrected chi connectivity index (χ1v) is 4.02. The number of fused-ring (bicyclic) bond motifs is 1. The summed E-state index contributed by atoms with van der Waals surface area (Å²) in [6, 6.07) is 7.35. The van der Waals surface area contributed by atoms with E-state index in [0.29, 0.717) is 0 Å². The SMILES string of the molecule is O=C(O)NCn1nnc2ccccc21. The molecule has 1 amide bonds. The van der Waals surface area contributed by atoms with Crippen molar-refractivity contribution >= 4 is 17.1 Å². The molecule has 72 valence electrons. The van der Waals surface area contributed by atoms with Gasteiger partial charge in [0.1, 0.15) is 12.2 Å². The summed E-state index contributed by atoms with van der Waals surface area (Å²) in [5, 5.41) is 18.3. The highest BCUT2D eigenvalue weighted by molar-refractivity contribution is 5.74. The van der Waals surface area contributed by atoms with Crippen molar-refractivity contribution in [3.63, 3.8) is 0 Å². The zero-order valence-corrected chi connectivity index (χ0v) is 7.21. The summed E-state index contributed by atoms with van der Waals surface area (Å²) in [5.74, 6) is 0. The number of hydrogen-bond donors (Lipinski definition) is 2. The van der Waals surface area contributed by atoms with E-state index in [9.17, 15) is 4.79 Å². The maximum atomic E-state index is 10.3. The number of carboxylic acid groups (broad SMARTS) is 1. The van der Waals surface area contributed by atoms with E-state index < -0.39 is 6.09 Å². The zero-order chi connectivity index (χ0) is 9.97. The Balaban J connectivity index is 2.29. The maximum absolute atomic E-state index is 10.3. The number of benzene rings is 1. The molecule has 1 aromatic carbocycles. The van der Waals surface area contributed by atoms with Crippen LogP contribution in [0.4, 0.5) is 4.79 Å². The molecule has 0 unspecified atom stereocenters. The van der Waals surface area contributed by atoms with Crippen molar-refractivity contribution in [2.75, 3.05) is 0 Å². The quantitative estimate of drug-likeness (QED) is 0.732. The molecule has 2 aromatic rings. The van der Waals surface area contributed by atoms with Gasteiger partial charge in [-0.25, -0.2) is 9.48 Å². The van der Waals surface area contributed by atoms with Crippen LogP contribution in [0.3, 0.4) is 0 Å². The first kappa shape index (κ1) is 8.49. The van der Waals surface area contributed by atoms with Gasteiger partial charge in [0.15, 0.2) is 0 Å². The fourth-order valence-corrected chi connectivity index (χ4v) is 1.18. The predicted octanol–water partition coefficient (Wildman–Crippen LogP) is 0.656. The highest BCUT2D eigenvalue weighted by Crippen LogP contribution is 2.08. The maximum Gasteiger partial charge on any atom is 0.406 e. The fraction of sp³-hybridized carbons (Fsp3) is 0.125. The average molecular weight is 192 g/mol. The second kappa shape index (κ2) is 3.33. The summed E-state index contributed by atoms with van der Waals surface area (Å²) in [5.41, 5.74) is 1.56. The van der Waals surface area contributed by atoms with E-state index in [4.69, 9.17) is 5.11 Å². The highest BCUT2D eigenvalue weighted by Gasteiger charge is 2.03. The third-order valence-electron chi connectivity index (χ3n) is 1.80. The van der Waals surface area contributed by atoms with Crippen molar-refractivity contribution in [3.8, 4) is 0 Å². The van der Waals surface area contributed by atoms with E-state index in [0.717, 1.165) is 11.0 Å². The molecule has 6 nitrogen and oxygen atoms in total. The van der Waals surface area contributed by atoms with Crippen LogP contribution in [-0.2, 0) is 6.67 Å². The zero-order valence-electron chi connectivity index (χ0n) is 7.21. The van der Waals surface area contributed by atoms with Crippen LogP contribution in [-0.4, -0.2) is 26.2 Å². The van der Waals surface area contributed by atoms with Gasteiger partial charge >= 0.3 is 6.09 Å². The van der Waals surface area contributed by atoms with Gasteiger partial charge < -0.3 is 10.4 Å². The van der Waals surface area contributed by atoms with Crippen LogP contribution >= 0.6 is 0 Å². The molecule has 0 aliphatic carbocycles. The number of hydrogen-bond acceptors (Lipinski definition) is 3. The van der Waals surface area contributed by atoms with E-state index in [2.05, 4.69) is 15.6 Å². The lowest BCUT2D eigenvalue weighted by molar-refractivity contribution is 0.190. The molecule has 0 atom stereocenters. The number of para-hydroxylation sites is 1. The molecular weight excluding hydrogens is 184 g/mol. The summed E-state index contributed by atoms with van der Waals surface area (Å²) < 4.78 is 1.49. The molecule has 1 heterocycles. The number of amides is 1. The molecule has 0 spiro atoms. The van der Waals surface area contributed by atoms with Crippen molar-refractivity contribution in [2.45, 2.75) is 6.67 Å². The number of nitrogens with zero attached hydrogens (tertiary/aromatic N) is 3. The number of carbonyl (C=O) groups is 1. The Labute approximate surface area is 79.1 Å². The molecule has 0 bridgehead atoms. The minimum absolute atomic E-state index is 0.107. The molecule has 2 N–H and O–H groups in total. The smallest absolute Gasteiger partial charge is 0.406 e. The molecule has 0 aliphatic heterocycles. The minimum atomic E-state index is -1.08. The van der Waals surface area contributed by atoms with Crippen molar-refractivity contribution < 1.29 is 9.90 Å². The lowest BCUT2D eigenvalue weighted by Gasteiger charge is -2.00. The first-order valence-electron chi connectivity index (χ1n) is 4.02. The Kier molecular flexibility index (Phi) is 2.02. The van der Waals surface area contributed by atoms with Crippen LogP contribution < -0.4 is 5.32 Å². The van der Waals surface area contributed by atoms with Gasteiger partial charge in [0.2, 0.25) is 0 Å². The molecular formula is C8H8N4O2. The third-order valence-corrected chi connectivity index (χ3v) is 1.80. The van der Waals surface area contributed by atoms with Crippen LogP contribution in [0.1, 0.15) is 0 Å². The van der Waals surface area contributed by atoms with Gasteiger partial charge in [-0.1, -0.05) is 17.3 Å². The van der Waals surface area contributed by atoms with Crippen molar-refractivity contribution in [3.05, 3.63) is 24.3 Å². The van der Waals surface area contributed by atoms with Gasteiger partial charge in [0.05, 0.1) is 5.52 Å². The first-order chi connectivity index (χ1) is 6.77. The second-order valence-corrected chi connectivity index (χ2v) is 2.72. The Morgan fingerprint density at radius 1 is 1.50 bits per heavy atom. The Bertz CT molecular complexity index is 465. The van der Waals surface area contributed by atoms with E-state index in [1.165, 1.54) is 4.68 Å². The largest absolute Gasteiger partial charge is 0.465 e. The molecule has 14 heavy (non-hydrogen) atoms. The average Bonchev–Trinajstić information content (AvgIpc) is 2.58. The van der Waals surface area contributed by atoms with Gasteiger partial charge in [-0.05, 0) is 12.1 Å². The molecule has 0 fully saturated rings. The predicted molar refractivity (Wildman–Crippen MR) is 48.7 cm³/mol. The topological polar surface area (TPSA) is 80.0 Å². The van der Waals surface area contributed by atoms with Gasteiger partial charge in [-0.15, -0.1) is 5.10 Å². The summed E-state index contributed by atoms with van der Waals surface area (Å²) in [7, 11) is 0. The van der Waals surface area contributed by atoms with Crippen molar-refractivity contribution in [2.24, 2.45) is 0 Å². The summed E-state index contributed by atoms with van der Waals surface area (Å²) in [6.07, 6.45) is -1.08. The van der Waals surface area contributed by atoms with E-state index >= 15 is 0 Å². The van der Waals surface area contributed by atoms with E-state index in [-0.39, 0.29) is 6.67 Å². The molecule has 6 heteroatoms. The lowest BCUT2D eigenvalue weighted by Crippen LogP contribution is -2.24. The van der Waals surface area contributed by atoms with E-state index in [1.807, 2.05) is 24.3 Å². The van der Waals surface area contributed by atoms with Gasteiger partial charge in [0, 0.05) is 0 Å². The number of nitrogens with one attached hydrogen (secondary N) is 1. The molecule has 0 saturated carbocycles. The fourth-order valence-electron chi connectivity index (χ4n) is 1.18. The molecule has 0 saturated heterocycles. The second-order valence-electron chi connectivity index (χ2n) is 2.72. The summed E-state index contributed by atoms with van der Waals surface area (Å²) in [4.78, 5) is 10.3. The monoisotopic (exact) mass is 192 g/mol. The Morgan fingerprint density at radius 2 is 2.29 bits per heavy atom. The van der Waals surface area contributed by atoms with Crippen molar-refractivity contribution in [1.29, 1.82) is 0 Å². The lowest BCUT2D eigenvalue weighted by atomic mass is 10.3. The van der Waals surface area contributed by atoms with Crippen LogP contribution in [0, 0.1) is 0 Å². The summed E-state index contributed by atoms with van der Waals surface area (Å²) in [6.45, 7) is 0.107. The molecule has 2 rings (SSSR count). The van der Waals surface area contributed by atoms with Crippen LogP contribution in [0.25, 0.3) is 11.0 Å². The highest BCUT2D eigenvalue weighted by atomic mass is 16.4. The van der Waals surface area contributed by atoms with Crippen LogP contribution in [0.5, 0.6) is 0 Å². The Morgan fingerprint density at radius 3 is 3.07 bits per heavy atom. The molecule has 0 radical (unpaired) electrons.